The molecule has 2 N–H and O–H groups in total. The molecule has 3 aromatic rings. The fourth-order valence-electron chi connectivity index (χ4n) is 3.56. The number of hydrogen-bond donors (Lipinski definition) is 2. The summed E-state index contributed by atoms with van der Waals surface area (Å²) in [5, 5.41) is 13.6. The Balaban J connectivity index is 1.77. The summed E-state index contributed by atoms with van der Waals surface area (Å²) in [6.45, 7) is 1.85. The zero-order valence-corrected chi connectivity index (χ0v) is 15.7. The topological polar surface area (TPSA) is 97.1 Å². The average molecular weight is 384 g/mol. The summed E-state index contributed by atoms with van der Waals surface area (Å²) in [5.41, 5.74) is 1.15. The van der Waals surface area contributed by atoms with Crippen LogP contribution in [0.2, 0.25) is 0 Å². The summed E-state index contributed by atoms with van der Waals surface area (Å²) >= 11 is 1.18. The first-order valence-electron chi connectivity index (χ1n) is 8.95. The monoisotopic (exact) mass is 384 g/mol. The summed E-state index contributed by atoms with van der Waals surface area (Å²) in [6.07, 6.45) is 5.95. The van der Waals surface area contributed by atoms with Gasteiger partial charge in [0.2, 0.25) is 5.43 Å². The third-order valence-corrected chi connectivity index (χ3v) is 5.75. The van der Waals surface area contributed by atoms with Gasteiger partial charge in [-0.15, -0.1) is 0 Å². The summed E-state index contributed by atoms with van der Waals surface area (Å²) in [4.78, 5) is 30.0. The molecule has 0 radical (unpaired) electrons. The lowest BCUT2D eigenvalue weighted by Crippen LogP contribution is -2.27. The molecule has 1 aliphatic carbocycles. The van der Waals surface area contributed by atoms with Crippen LogP contribution in [0.25, 0.3) is 11.0 Å². The molecule has 1 aliphatic rings. The molecule has 27 heavy (non-hydrogen) atoms. The van der Waals surface area contributed by atoms with Gasteiger partial charge >= 0.3 is 0 Å². The van der Waals surface area contributed by atoms with Crippen LogP contribution in [-0.2, 0) is 0 Å². The van der Waals surface area contributed by atoms with E-state index in [9.17, 15) is 14.7 Å². The molecular weight excluding hydrogens is 364 g/mol. The quantitative estimate of drug-likeness (QED) is 0.724. The van der Waals surface area contributed by atoms with E-state index >= 15 is 0 Å². The Morgan fingerprint density at radius 1 is 1.33 bits per heavy atom. The van der Waals surface area contributed by atoms with Gasteiger partial charge in [-0.25, -0.2) is 4.98 Å². The molecule has 7 nitrogen and oxygen atoms in total. The predicted octanol–water partition coefficient (Wildman–Crippen LogP) is 2.89. The first-order chi connectivity index (χ1) is 13.0. The van der Waals surface area contributed by atoms with Crippen molar-refractivity contribution >= 4 is 33.5 Å². The highest BCUT2D eigenvalue weighted by Crippen LogP contribution is 2.30. The Morgan fingerprint density at radius 3 is 2.81 bits per heavy atom. The van der Waals surface area contributed by atoms with Gasteiger partial charge in [-0.05, 0) is 62.3 Å². The van der Waals surface area contributed by atoms with Crippen LogP contribution in [0.3, 0.4) is 0 Å². The van der Waals surface area contributed by atoms with Crippen LogP contribution in [0.4, 0.5) is 5.00 Å². The average Bonchev–Trinajstić information content (AvgIpc) is 3.08. The van der Waals surface area contributed by atoms with Crippen molar-refractivity contribution in [2.75, 3.05) is 5.32 Å². The number of nitrogens with one attached hydrogen (secondary N) is 1. The number of aliphatic hydroxyl groups is 1. The number of nitrogens with zero attached hydrogens (tertiary/aromatic N) is 3. The number of aryl methyl sites for hydroxylation is 1. The number of fused-ring (bicyclic) bond motifs is 1. The summed E-state index contributed by atoms with van der Waals surface area (Å²) in [5.74, 6) is -0.445. The van der Waals surface area contributed by atoms with Crippen LogP contribution in [-0.4, -0.2) is 31.0 Å². The molecule has 3 aromatic heterocycles. The van der Waals surface area contributed by atoms with Crippen LogP contribution in [0, 0.1) is 6.92 Å². The maximum Gasteiger partial charge on any atom is 0.261 e. The van der Waals surface area contributed by atoms with E-state index in [0.717, 1.165) is 18.5 Å². The standard InChI is InChI=1S/C19H20N4O3S/c1-11-9-16(27-22-11)21-19(26)15-10-23(12-4-6-13(24)7-5-12)18-14(17(15)25)3-2-8-20-18/h2-3,8-10,12-13,24H,4-7H2,1H3,(H,21,26)/t12-,13-. The van der Waals surface area contributed by atoms with E-state index < -0.39 is 5.91 Å². The van der Waals surface area contributed by atoms with Crippen molar-refractivity contribution in [3.05, 3.63) is 52.1 Å². The number of anilines is 1. The van der Waals surface area contributed by atoms with Crippen molar-refractivity contribution in [3.8, 4) is 0 Å². The molecule has 3 heterocycles. The van der Waals surface area contributed by atoms with E-state index in [1.807, 2.05) is 11.5 Å². The highest BCUT2D eigenvalue weighted by molar-refractivity contribution is 7.10. The molecule has 140 valence electrons. The third-order valence-electron chi connectivity index (χ3n) is 4.96. The highest BCUT2D eigenvalue weighted by atomic mass is 32.1. The van der Waals surface area contributed by atoms with E-state index in [1.165, 1.54) is 11.5 Å². The smallest absolute Gasteiger partial charge is 0.261 e. The molecule has 0 unspecified atom stereocenters. The molecule has 0 saturated heterocycles. The molecule has 8 heteroatoms. The van der Waals surface area contributed by atoms with Gasteiger partial charge in [-0.2, -0.15) is 4.37 Å². The first-order valence-corrected chi connectivity index (χ1v) is 9.73. The fraction of sp³-hybridized carbons (Fsp3) is 0.368. The Kier molecular flexibility index (Phi) is 4.75. The summed E-state index contributed by atoms with van der Waals surface area (Å²) in [7, 11) is 0. The molecule has 0 aromatic carbocycles. The predicted molar refractivity (Wildman–Crippen MR) is 104 cm³/mol. The maximum absolute atomic E-state index is 12.9. The molecular formula is C19H20N4O3S. The maximum atomic E-state index is 12.9. The van der Waals surface area contributed by atoms with Gasteiger partial charge in [0.25, 0.3) is 5.91 Å². The van der Waals surface area contributed by atoms with Crippen molar-refractivity contribution in [2.24, 2.45) is 0 Å². The van der Waals surface area contributed by atoms with Crippen LogP contribution in [0.15, 0.2) is 35.4 Å². The highest BCUT2D eigenvalue weighted by Gasteiger charge is 2.24. The number of amides is 1. The summed E-state index contributed by atoms with van der Waals surface area (Å²) < 4.78 is 6.07. The van der Waals surface area contributed by atoms with Crippen LogP contribution < -0.4 is 10.7 Å². The second-order valence-corrected chi connectivity index (χ2v) is 7.71. The molecule has 0 atom stereocenters. The first kappa shape index (κ1) is 17.8. The minimum Gasteiger partial charge on any atom is -0.393 e. The number of carbonyl (C=O) groups is 1. The van der Waals surface area contributed by atoms with E-state index in [2.05, 4.69) is 14.7 Å². The number of aliphatic hydroxyl groups excluding tert-OH is 1. The van der Waals surface area contributed by atoms with Gasteiger partial charge in [0.1, 0.15) is 16.2 Å². The van der Waals surface area contributed by atoms with Gasteiger partial charge in [-0.1, -0.05) is 0 Å². The minimum absolute atomic E-state index is 0.0904. The Labute approximate surface area is 159 Å². The summed E-state index contributed by atoms with van der Waals surface area (Å²) in [6, 6.07) is 5.27. The molecule has 0 bridgehead atoms. The van der Waals surface area contributed by atoms with Crippen LogP contribution >= 0.6 is 11.5 Å². The fourth-order valence-corrected chi connectivity index (χ4v) is 4.22. The number of pyridine rings is 2. The van der Waals surface area contributed by atoms with E-state index in [1.54, 1.807) is 30.6 Å². The number of rotatable bonds is 3. The van der Waals surface area contributed by atoms with Crippen molar-refractivity contribution in [2.45, 2.75) is 44.8 Å². The van der Waals surface area contributed by atoms with Crippen LogP contribution in [0.5, 0.6) is 0 Å². The lowest BCUT2D eigenvalue weighted by atomic mass is 9.92. The Bertz CT molecular complexity index is 1050. The van der Waals surface area contributed by atoms with Crippen molar-refractivity contribution < 1.29 is 9.90 Å². The van der Waals surface area contributed by atoms with Gasteiger partial charge in [0.05, 0.1) is 17.2 Å². The molecule has 0 aliphatic heterocycles. The van der Waals surface area contributed by atoms with Crippen molar-refractivity contribution in [1.29, 1.82) is 0 Å². The molecule has 1 amide bonds. The molecule has 4 rings (SSSR count). The van der Waals surface area contributed by atoms with Crippen molar-refractivity contribution in [1.82, 2.24) is 13.9 Å². The molecule has 1 saturated carbocycles. The second kappa shape index (κ2) is 7.21. The number of hydrogen-bond acceptors (Lipinski definition) is 6. The van der Waals surface area contributed by atoms with E-state index in [0.29, 0.717) is 28.9 Å². The lowest BCUT2D eigenvalue weighted by Gasteiger charge is -2.28. The van der Waals surface area contributed by atoms with Gasteiger partial charge in [0, 0.05) is 18.4 Å². The minimum atomic E-state index is -0.445. The number of aromatic nitrogens is 3. The van der Waals surface area contributed by atoms with E-state index in [4.69, 9.17) is 0 Å². The zero-order valence-electron chi connectivity index (χ0n) is 14.9. The second-order valence-electron chi connectivity index (χ2n) is 6.90. The van der Waals surface area contributed by atoms with Crippen LogP contribution in [0.1, 0.15) is 47.8 Å². The van der Waals surface area contributed by atoms with Gasteiger partial charge in [0.15, 0.2) is 0 Å². The largest absolute Gasteiger partial charge is 0.393 e. The van der Waals surface area contributed by atoms with Gasteiger partial charge in [-0.3, -0.25) is 9.59 Å². The third kappa shape index (κ3) is 3.50. The number of carbonyl (C=O) groups excluding carboxylic acids is 1. The molecule has 1 fully saturated rings. The normalized spacial score (nSPS) is 19.9. The molecule has 0 spiro atoms. The van der Waals surface area contributed by atoms with E-state index in [-0.39, 0.29) is 23.1 Å². The van der Waals surface area contributed by atoms with Gasteiger partial charge < -0.3 is 15.0 Å². The lowest BCUT2D eigenvalue weighted by molar-refractivity contribution is 0.102. The zero-order chi connectivity index (χ0) is 19.0. The Morgan fingerprint density at radius 2 is 2.11 bits per heavy atom. The van der Waals surface area contributed by atoms with Crippen molar-refractivity contribution in [3.63, 3.8) is 0 Å². The SMILES string of the molecule is Cc1cc(NC(=O)c2cn([C@H]3CC[C@H](O)CC3)c3ncccc3c2=O)sn1. The Hall–Kier alpha value is -2.58.